The SMILES string of the molecule is COc1ccc(C(=O)NC(CC(=O)N2CCC(N3C(=O)NCc4ccccc43)CC2)C(=O)N2CCC(N3CCCCC3)CC2)cc1. The predicted molar refractivity (Wildman–Crippen MR) is 175 cm³/mol. The van der Waals surface area contributed by atoms with Crippen molar-refractivity contribution in [3.05, 3.63) is 59.7 Å². The average molecular weight is 631 g/mol. The molecule has 0 aromatic heterocycles. The normalized spacial score (nSPS) is 20.5. The van der Waals surface area contributed by atoms with Gasteiger partial charge in [0.2, 0.25) is 11.8 Å². The monoisotopic (exact) mass is 630 g/mol. The minimum atomic E-state index is -0.967. The van der Waals surface area contributed by atoms with Gasteiger partial charge < -0.3 is 30.1 Å². The van der Waals surface area contributed by atoms with E-state index in [0.717, 1.165) is 37.2 Å². The van der Waals surface area contributed by atoms with E-state index in [1.807, 2.05) is 34.1 Å². The Morgan fingerprint density at radius 3 is 2.20 bits per heavy atom. The van der Waals surface area contributed by atoms with E-state index in [9.17, 15) is 19.2 Å². The second-order valence-electron chi connectivity index (χ2n) is 12.9. The van der Waals surface area contributed by atoms with Gasteiger partial charge in [-0.2, -0.15) is 0 Å². The molecule has 246 valence electrons. The van der Waals surface area contributed by atoms with E-state index >= 15 is 0 Å². The smallest absolute Gasteiger partial charge is 0.322 e. The summed E-state index contributed by atoms with van der Waals surface area (Å²) in [6.45, 7) is 4.95. The van der Waals surface area contributed by atoms with Crippen LogP contribution in [0.25, 0.3) is 0 Å². The Bertz CT molecular complexity index is 1390. The molecule has 11 heteroatoms. The van der Waals surface area contributed by atoms with Gasteiger partial charge in [0.25, 0.3) is 5.91 Å². The number of ether oxygens (including phenoxy) is 1. The molecule has 3 fully saturated rings. The van der Waals surface area contributed by atoms with Crippen LogP contribution in [0.3, 0.4) is 0 Å². The van der Waals surface area contributed by atoms with Crippen LogP contribution >= 0.6 is 0 Å². The second kappa shape index (κ2) is 14.5. The van der Waals surface area contributed by atoms with Gasteiger partial charge in [-0.15, -0.1) is 0 Å². The van der Waals surface area contributed by atoms with Gasteiger partial charge in [0.05, 0.1) is 19.2 Å². The summed E-state index contributed by atoms with van der Waals surface area (Å²) >= 11 is 0. The first-order valence-corrected chi connectivity index (χ1v) is 16.8. The molecule has 11 nitrogen and oxygen atoms in total. The van der Waals surface area contributed by atoms with Crippen LogP contribution in [0.1, 0.15) is 67.3 Å². The van der Waals surface area contributed by atoms with Gasteiger partial charge in [-0.25, -0.2) is 4.79 Å². The molecule has 1 atom stereocenters. The quantitative estimate of drug-likeness (QED) is 0.463. The fourth-order valence-corrected chi connectivity index (χ4v) is 7.44. The molecule has 0 saturated carbocycles. The van der Waals surface area contributed by atoms with E-state index in [1.165, 1.54) is 19.3 Å². The number of piperidine rings is 3. The molecule has 2 N–H and O–H groups in total. The molecule has 0 spiro atoms. The highest BCUT2D eigenvalue weighted by Gasteiger charge is 2.37. The van der Waals surface area contributed by atoms with Gasteiger partial charge in [0, 0.05) is 50.4 Å². The van der Waals surface area contributed by atoms with E-state index in [1.54, 1.807) is 36.3 Å². The molecule has 4 heterocycles. The van der Waals surface area contributed by atoms with Crippen molar-refractivity contribution in [2.45, 2.75) is 76.0 Å². The number of likely N-dealkylation sites (tertiary alicyclic amines) is 3. The van der Waals surface area contributed by atoms with Crippen LogP contribution < -0.4 is 20.3 Å². The van der Waals surface area contributed by atoms with Crippen molar-refractivity contribution >= 4 is 29.4 Å². The van der Waals surface area contributed by atoms with Crippen molar-refractivity contribution in [1.29, 1.82) is 0 Å². The molecule has 46 heavy (non-hydrogen) atoms. The van der Waals surface area contributed by atoms with Crippen LogP contribution in [0.4, 0.5) is 10.5 Å². The molecule has 0 aliphatic carbocycles. The molecular formula is C35H46N6O5. The largest absolute Gasteiger partial charge is 0.497 e. The number of hydrogen-bond donors (Lipinski definition) is 2. The molecule has 2 aromatic rings. The minimum Gasteiger partial charge on any atom is -0.497 e. The van der Waals surface area contributed by atoms with Crippen molar-refractivity contribution in [2.24, 2.45) is 0 Å². The Balaban J connectivity index is 1.10. The lowest BCUT2D eigenvalue weighted by Crippen LogP contribution is -2.56. The molecule has 5 amide bonds. The van der Waals surface area contributed by atoms with Gasteiger partial charge in [0.1, 0.15) is 11.8 Å². The summed E-state index contributed by atoms with van der Waals surface area (Å²) < 4.78 is 5.22. The number of amides is 5. The molecule has 1 unspecified atom stereocenters. The van der Waals surface area contributed by atoms with Crippen LogP contribution in [0.2, 0.25) is 0 Å². The number of anilines is 1. The van der Waals surface area contributed by atoms with Crippen molar-refractivity contribution in [3.63, 3.8) is 0 Å². The lowest BCUT2D eigenvalue weighted by atomic mass is 9.98. The summed E-state index contributed by atoms with van der Waals surface area (Å²) in [5.41, 5.74) is 2.40. The minimum absolute atomic E-state index is 0.0288. The first kappa shape index (κ1) is 31.8. The van der Waals surface area contributed by atoms with Crippen LogP contribution in [0.5, 0.6) is 5.75 Å². The lowest BCUT2D eigenvalue weighted by Gasteiger charge is -2.42. The Morgan fingerprint density at radius 1 is 0.848 bits per heavy atom. The summed E-state index contributed by atoms with van der Waals surface area (Å²) in [5.74, 6) is -0.141. The molecule has 2 aromatic carbocycles. The molecule has 3 saturated heterocycles. The zero-order chi connectivity index (χ0) is 32.0. The van der Waals surface area contributed by atoms with E-state index in [4.69, 9.17) is 4.74 Å². The average Bonchev–Trinajstić information content (AvgIpc) is 3.11. The van der Waals surface area contributed by atoms with Crippen molar-refractivity contribution in [3.8, 4) is 5.75 Å². The number of urea groups is 1. The summed E-state index contributed by atoms with van der Waals surface area (Å²) in [5, 5.41) is 5.86. The van der Waals surface area contributed by atoms with E-state index in [-0.39, 0.29) is 30.3 Å². The molecule has 0 radical (unpaired) electrons. The van der Waals surface area contributed by atoms with E-state index in [0.29, 0.717) is 62.9 Å². The van der Waals surface area contributed by atoms with Gasteiger partial charge in [0.15, 0.2) is 0 Å². The predicted octanol–water partition coefficient (Wildman–Crippen LogP) is 3.38. The molecular weight excluding hydrogens is 584 g/mol. The maximum atomic E-state index is 13.9. The molecule has 4 aliphatic rings. The number of benzene rings is 2. The number of methoxy groups -OCH3 is 1. The number of carbonyl (C=O) groups excluding carboxylic acids is 4. The maximum Gasteiger partial charge on any atom is 0.322 e. The van der Waals surface area contributed by atoms with E-state index < -0.39 is 11.9 Å². The third-order valence-electron chi connectivity index (χ3n) is 10.1. The first-order valence-electron chi connectivity index (χ1n) is 16.8. The van der Waals surface area contributed by atoms with Gasteiger partial charge in [-0.1, -0.05) is 24.6 Å². The van der Waals surface area contributed by atoms with Crippen molar-refractivity contribution in [1.82, 2.24) is 25.3 Å². The second-order valence-corrected chi connectivity index (χ2v) is 12.9. The number of hydrogen-bond acceptors (Lipinski definition) is 6. The van der Waals surface area contributed by atoms with Gasteiger partial charge in [-0.3, -0.25) is 19.3 Å². The number of fused-ring (bicyclic) bond motifs is 1. The number of carbonyl (C=O) groups is 4. The summed E-state index contributed by atoms with van der Waals surface area (Å²) in [6, 6.07) is 14.0. The number of nitrogens with zero attached hydrogens (tertiary/aromatic N) is 4. The highest BCUT2D eigenvalue weighted by molar-refractivity contribution is 5.99. The van der Waals surface area contributed by atoms with Crippen molar-refractivity contribution < 1.29 is 23.9 Å². The third-order valence-corrected chi connectivity index (χ3v) is 10.1. The summed E-state index contributed by atoms with van der Waals surface area (Å²) in [6.07, 6.45) is 6.72. The lowest BCUT2D eigenvalue weighted by molar-refractivity contribution is -0.140. The summed E-state index contributed by atoms with van der Waals surface area (Å²) in [4.78, 5) is 61.8. The first-order chi connectivity index (χ1) is 22.4. The van der Waals surface area contributed by atoms with E-state index in [2.05, 4.69) is 15.5 Å². The Labute approximate surface area is 271 Å². The highest BCUT2D eigenvalue weighted by Crippen LogP contribution is 2.30. The fourth-order valence-electron chi connectivity index (χ4n) is 7.44. The van der Waals surface area contributed by atoms with Crippen LogP contribution in [-0.4, -0.2) is 103 Å². The van der Waals surface area contributed by atoms with Crippen molar-refractivity contribution in [2.75, 3.05) is 51.3 Å². The van der Waals surface area contributed by atoms with Gasteiger partial charge >= 0.3 is 6.03 Å². The zero-order valence-corrected chi connectivity index (χ0v) is 26.8. The van der Waals surface area contributed by atoms with Crippen LogP contribution in [0, 0.1) is 0 Å². The molecule has 4 aliphatic heterocycles. The Kier molecular flexibility index (Phi) is 10.1. The Morgan fingerprint density at radius 2 is 1.50 bits per heavy atom. The highest BCUT2D eigenvalue weighted by atomic mass is 16.5. The number of para-hydroxylation sites is 1. The zero-order valence-electron chi connectivity index (χ0n) is 26.8. The fraction of sp³-hybridized carbons (Fsp3) is 0.543. The maximum absolute atomic E-state index is 13.9. The number of rotatable bonds is 8. The standard InChI is InChI=1S/C35H46N6O5/c1-46-29-11-9-25(10-12-29)33(43)37-30(34(44)40-21-13-27(14-22-40)38-17-5-2-6-18-38)23-32(42)39-19-15-28(16-20-39)41-31-8-4-3-7-26(31)24-36-35(41)45/h3-4,7-12,27-28,30H,2,5-6,13-24H2,1H3,(H,36,45)(H,37,43). The van der Waals surface area contributed by atoms with Crippen LogP contribution in [-0.2, 0) is 16.1 Å². The Hall–Kier alpha value is -4.12. The van der Waals surface area contributed by atoms with Gasteiger partial charge in [-0.05, 0) is 87.5 Å². The molecule has 6 rings (SSSR count). The summed E-state index contributed by atoms with van der Waals surface area (Å²) in [7, 11) is 1.56. The van der Waals surface area contributed by atoms with Crippen LogP contribution in [0.15, 0.2) is 48.5 Å². The number of nitrogens with one attached hydrogen (secondary N) is 2. The topological polar surface area (TPSA) is 115 Å². The third kappa shape index (κ3) is 7.14. The molecule has 0 bridgehead atoms.